The van der Waals surface area contributed by atoms with Crippen molar-refractivity contribution in [2.45, 2.75) is 44.2 Å². The van der Waals surface area contributed by atoms with Gasteiger partial charge in [-0.2, -0.15) is 21.6 Å². The standard InChI is InChI=1S/C25H30F3N5O4S/c1-17-16-33(13-14-37-17)22-4-2-3-21(29-22)30-23(34)19-6-5-18(31-38(35,36)25(26,27)28)15-20(19)32-11-9-24(7-8-24)10-12-32/h2-6,15,17,31H,7-14,16H2,1H3,(H,29,30,34)/t17-/m1/s1. The summed E-state index contributed by atoms with van der Waals surface area (Å²) in [6.45, 7) is 5.14. The molecule has 2 aromatic rings. The first-order valence-electron chi connectivity index (χ1n) is 12.6. The molecule has 1 spiro atoms. The zero-order valence-electron chi connectivity index (χ0n) is 20.9. The molecule has 1 aromatic heterocycles. The molecule has 1 saturated carbocycles. The smallest absolute Gasteiger partial charge is 0.375 e. The van der Waals surface area contributed by atoms with Crippen molar-refractivity contribution >= 4 is 38.9 Å². The van der Waals surface area contributed by atoms with Crippen LogP contribution in [0.15, 0.2) is 36.4 Å². The van der Waals surface area contributed by atoms with Crippen LogP contribution in [-0.4, -0.2) is 63.7 Å². The van der Waals surface area contributed by atoms with E-state index in [4.69, 9.17) is 4.74 Å². The minimum Gasteiger partial charge on any atom is -0.375 e. The molecule has 1 amide bonds. The normalized spacial score (nSPS) is 21.3. The first-order valence-corrected chi connectivity index (χ1v) is 14.1. The molecular formula is C25H30F3N5O4S. The van der Waals surface area contributed by atoms with E-state index in [1.165, 1.54) is 12.1 Å². The Bertz CT molecular complexity index is 1310. The third-order valence-corrected chi connectivity index (χ3v) is 8.58. The molecule has 2 N–H and O–H groups in total. The van der Waals surface area contributed by atoms with Crippen LogP contribution in [0, 0.1) is 5.41 Å². The maximum Gasteiger partial charge on any atom is 0.516 e. The van der Waals surface area contributed by atoms with E-state index in [2.05, 4.69) is 15.2 Å². The lowest BCUT2D eigenvalue weighted by atomic mass is 9.93. The van der Waals surface area contributed by atoms with Gasteiger partial charge in [0, 0.05) is 26.2 Å². The summed E-state index contributed by atoms with van der Waals surface area (Å²) >= 11 is 0. The van der Waals surface area contributed by atoms with Crippen LogP contribution in [0.1, 0.15) is 43.0 Å². The SMILES string of the molecule is C[C@@H]1CN(c2cccc(NC(=O)c3ccc(NS(=O)(=O)C(F)(F)F)cc3N3CCC4(CC3)CC4)n2)CCO1. The number of morpholine rings is 1. The maximum absolute atomic E-state index is 13.4. The molecule has 0 bridgehead atoms. The quantitative estimate of drug-likeness (QED) is 0.553. The first-order chi connectivity index (χ1) is 17.9. The van der Waals surface area contributed by atoms with Gasteiger partial charge < -0.3 is 19.9 Å². The number of rotatable bonds is 6. The van der Waals surface area contributed by atoms with Gasteiger partial charge in [0.2, 0.25) is 0 Å². The van der Waals surface area contributed by atoms with E-state index in [1.807, 2.05) is 17.9 Å². The van der Waals surface area contributed by atoms with Crippen LogP contribution in [-0.2, 0) is 14.8 Å². The fourth-order valence-corrected chi connectivity index (χ4v) is 5.59. The van der Waals surface area contributed by atoms with Crippen molar-refractivity contribution < 1.29 is 31.1 Å². The van der Waals surface area contributed by atoms with Crippen molar-refractivity contribution in [3.63, 3.8) is 0 Å². The highest BCUT2D eigenvalue weighted by Crippen LogP contribution is 2.54. The average molecular weight is 554 g/mol. The zero-order valence-corrected chi connectivity index (χ0v) is 21.7. The number of sulfonamides is 1. The number of hydrogen-bond donors (Lipinski definition) is 2. The van der Waals surface area contributed by atoms with Crippen molar-refractivity contribution in [3.05, 3.63) is 42.0 Å². The van der Waals surface area contributed by atoms with Crippen molar-refractivity contribution in [1.82, 2.24) is 4.98 Å². The van der Waals surface area contributed by atoms with Crippen molar-refractivity contribution in [2.75, 3.05) is 52.6 Å². The number of carbonyl (C=O) groups excluding carboxylic acids is 1. The third kappa shape index (κ3) is 5.68. The van der Waals surface area contributed by atoms with Gasteiger partial charge in [0.25, 0.3) is 5.91 Å². The van der Waals surface area contributed by atoms with Gasteiger partial charge in [-0.25, -0.2) is 4.98 Å². The Morgan fingerprint density at radius 3 is 2.47 bits per heavy atom. The molecule has 0 radical (unpaired) electrons. The van der Waals surface area contributed by atoms with Gasteiger partial charge in [0.1, 0.15) is 11.6 Å². The third-order valence-electron chi connectivity index (χ3n) is 7.46. The number of alkyl halides is 3. The van der Waals surface area contributed by atoms with Gasteiger partial charge in [-0.1, -0.05) is 6.07 Å². The number of ether oxygens (including phenoxy) is 1. The number of benzene rings is 1. The molecule has 2 aliphatic heterocycles. The number of pyridine rings is 1. The van der Waals surface area contributed by atoms with Crippen molar-refractivity contribution in [1.29, 1.82) is 0 Å². The number of nitrogens with one attached hydrogen (secondary N) is 2. The summed E-state index contributed by atoms with van der Waals surface area (Å²) in [7, 11) is -5.60. The van der Waals surface area contributed by atoms with E-state index in [9.17, 15) is 26.4 Å². The van der Waals surface area contributed by atoms with Crippen molar-refractivity contribution in [2.24, 2.45) is 5.41 Å². The molecule has 2 saturated heterocycles. The summed E-state index contributed by atoms with van der Waals surface area (Å²) in [6, 6.07) is 9.09. The first kappa shape index (κ1) is 26.5. The van der Waals surface area contributed by atoms with Crippen LogP contribution >= 0.6 is 0 Å². The summed E-state index contributed by atoms with van der Waals surface area (Å²) in [6.07, 6.45) is 4.19. The van der Waals surface area contributed by atoms with E-state index in [0.29, 0.717) is 55.5 Å². The van der Waals surface area contributed by atoms with Gasteiger partial charge >= 0.3 is 15.5 Å². The molecule has 5 rings (SSSR count). The Labute approximate surface area is 219 Å². The Kier molecular flexibility index (Phi) is 6.93. The van der Waals surface area contributed by atoms with Gasteiger partial charge in [0.15, 0.2) is 0 Å². The fraction of sp³-hybridized carbons (Fsp3) is 0.520. The minimum absolute atomic E-state index is 0.0546. The van der Waals surface area contributed by atoms with Gasteiger partial charge in [-0.15, -0.1) is 0 Å². The van der Waals surface area contributed by atoms with Crippen LogP contribution in [0.2, 0.25) is 0 Å². The van der Waals surface area contributed by atoms with E-state index < -0.39 is 21.4 Å². The molecule has 3 fully saturated rings. The summed E-state index contributed by atoms with van der Waals surface area (Å²) < 4.78 is 69.4. The summed E-state index contributed by atoms with van der Waals surface area (Å²) in [5.74, 6) is 0.535. The lowest BCUT2D eigenvalue weighted by molar-refractivity contribution is -0.0429. The lowest BCUT2D eigenvalue weighted by Gasteiger charge is -2.35. The molecule has 3 heterocycles. The second-order valence-corrected chi connectivity index (χ2v) is 11.9. The molecule has 0 unspecified atom stereocenters. The van der Waals surface area contributed by atoms with E-state index in [1.54, 1.807) is 16.9 Å². The summed E-state index contributed by atoms with van der Waals surface area (Å²) in [5, 5.41) is 2.80. The van der Waals surface area contributed by atoms with E-state index in [0.717, 1.165) is 31.7 Å². The fourth-order valence-electron chi connectivity index (χ4n) is 5.04. The van der Waals surface area contributed by atoms with Crippen LogP contribution in [0.5, 0.6) is 0 Å². The van der Waals surface area contributed by atoms with Crippen LogP contribution in [0.4, 0.5) is 36.2 Å². The molecule has 1 aromatic carbocycles. The topological polar surface area (TPSA) is 104 Å². The molecule has 1 aliphatic carbocycles. The van der Waals surface area contributed by atoms with Gasteiger partial charge in [-0.05, 0) is 68.4 Å². The van der Waals surface area contributed by atoms with Crippen LogP contribution in [0.3, 0.4) is 0 Å². The van der Waals surface area contributed by atoms with Crippen LogP contribution < -0.4 is 19.8 Å². The van der Waals surface area contributed by atoms with Gasteiger partial charge in [-0.3, -0.25) is 9.52 Å². The number of aromatic nitrogens is 1. The minimum atomic E-state index is -5.60. The average Bonchev–Trinajstić information content (AvgIpc) is 3.62. The number of piperidine rings is 1. The number of nitrogens with zero attached hydrogens (tertiary/aromatic N) is 3. The number of amides is 1. The summed E-state index contributed by atoms with van der Waals surface area (Å²) in [5.41, 5.74) is -4.79. The second-order valence-electron chi connectivity index (χ2n) is 10.2. The van der Waals surface area contributed by atoms with E-state index >= 15 is 0 Å². The Morgan fingerprint density at radius 2 is 1.82 bits per heavy atom. The zero-order chi connectivity index (χ0) is 27.1. The van der Waals surface area contributed by atoms with E-state index in [-0.39, 0.29) is 17.4 Å². The van der Waals surface area contributed by atoms with Crippen molar-refractivity contribution in [3.8, 4) is 0 Å². The predicted molar refractivity (Wildman–Crippen MR) is 138 cm³/mol. The number of hydrogen-bond acceptors (Lipinski definition) is 7. The monoisotopic (exact) mass is 553 g/mol. The molecule has 206 valence electrons. The van der Waals surface area contributed by atoms with Crippen LogP contribution in [0.25, 0.3) is 0 Å². The predicted octanol–water partition coefficient (Wildman–Crippen LogP) is 4.20. The molecule has 1 atom stereocenters. The Hall–Kier alpha value is -3.06. The highest BCUT2D eigenvalue weighted by atomic mass is 32.2. The molecule has 3 aliphatic rings. The number of halogens is 3. The molecular weight excluding hydrogens is 523 g/mol. The maximum atomic E-state index is 13.4. The Morgan fingerprint density at radius 1 is 1.08 bits per heavy atom. The summed E-state index contributed by atoms with van der Waals surface area (Å²) in [4.78, 5) is 22.0. The highest BCUT2D eigenvalue weighted by Gasteiger charge is 2.47. The Balaban J connectivity index is 1.40. The molecule has 9 nitrogen and oxygen atoms in total. The molecule has 13 heteroatoms. The number of carbonyl (C=O) groups is 1. The largest absolute Gasteiger partial charge is 0.516 e. The lowest BCUT2D eigenvalue weighted by Crippen LogP contribution is -2.41. The van der Waals surface area contributed by atoms with Gasteiger partial charge in [0.05, 0.1) is 29.6 Å². The highest BCUT2D eigenvalue weighted by molar-refractivity contribution is 7.93. The second kappa shape index (κ2) is 9.92. The molecule has 38 heavy (non-hydrogen) atoms. The number of anilines is 4.